The van der Waals surface area contributed by atoms with Crippen molar-refractivity contribution in [2.75, 3.05) is 33.2 Å². The molecule has 6 nitrogen and oxygen atoms in total. The zero-order valence-corrected chi connectivity index (χ0v) is 13.1. The summed E-state index contributed by atoms with van der Waals surface area (Å²) in [7, 11) is 1.78. The van der Waals surface area contributed by atoms with Crippen molar-refractivity contribution in [3.8, 4) is 0 Å². The quantitative estimate of drug-likeness (QED) is 0.773. The minimum absolute atomic E-state index is 0. The van der Waals surface area contributed by atoms with Gasteiger partial charge >= 0.3 is 12.2 Å². The lowest BCUT2D eigenvalue weighted by atomic mass is 9.88. The maximum atomic E-state index is 12.8. The molecule has 2 saturated heterocycles. The normalized spacial score (nSPS) is 24.3. The van der Waals surface area contributed by atoms with Crippen LogP contribution in [-0.2, 0) is 11.2 Å². The number of piperazine rings is 1. The van der Waals surface area contributed by atoms with Gasteiger partial charge in [0.05, 0.1) is 0 Å². The van der Waals surface area contributed by atoms with E-state index in [4.69, 9.17) is 0 Å². The molecule has 0 spiro atoms. The highest BCUT2D eigenvalue weighted by molar-refractivity contribution is 6.07. The molecule has 138 valence electrons. The summed E-state index contributed by atoms with van der Waals surface area (Å²) >= 11 is 0. The Balaban J connectivity index is 0.00000225. The molecule has 2 aliphatic rings. The van der Waals surface area contributed by atoms with Gasteiger partial charge in [-0.1, -0.05) is 13.5 Å². The molecule has 1 aromatic rings. The summed E-state index contributed by atoms with van der Waals surface area (Å²) < 4.78 is 38.3. The number of carbonyl (C=O) groups is 2. The molecular formula is C16H21F3N4O2. The summed E-state index contributed by atoms with van der Waals surface area (Å²) in [6.07, 6.45) is -2.98. The van der Waals surface area contributed by atoms with Crippen molar-refractivity contribution >= 4 is 11.9 Å². The van der Waals surface area contributed by atoms with Crippen LogP contribution in [0.25, 0.3) is 0 Å². The SMILES string of the molecule is C.CN1CCN2C(=O)N(CC(F)(F)F)C(=O)C2(Cc2ccccn2)C1. The molecule has 1 unspecified atom stereocenters. The topological polar surface area (TPSA) is 56.8 Å². The van der Waals surface area contributed by atoms with Gasteiger partial charge < -0.3 is 9.80 Å². The molecule has 3 heterocycles. The first-order chi connectivity index (χ1) is 11.2. The fourth-order valence-corrected chi connectivity index (χ4v) is 3.39. The lowest BCUT2D eigenvalue weighted by Crippen LogP contribution is -2.63. The molecule has 25 heavy (non-hydrogen) atoms. The third-order valence-corrected chi connectivity index (χ3v) is 4.40. The number of pyridine rings is 1. The number of carbonyl (C=O) groups excluding carboxylic acids is 2. The molecule has 0 N–H and O–H groups in total. The van der Waals surface area contributed by atoms with Gasteiger partial charge in [-0.25, -0.2) is 4.79 Å². The summed E-state index contributed by atoms with van der Waals surface area (Å²) in [6, 6.07) is 4.28. The molecule has 3 amide bonds. The molecule has 2 fully saturated rings. The van der Waals surface area contributed by atoms with Crippen molar-refractivity contribution in [2.24, 2.45) is 0 Å². The molecule has 0 bridgehead atoms. The number of alkyl halides is 3. The van der Waals surface area contributed by atoms with Gasteiger partial charge in [-0.15, -0.1) is 0 Å². The minimum atomic E-state index is -4.63. The van der Waals surface area contributed by atoms with Crippen LogP contribution in [0, 0.1) is 0 Å². The van der Waals surface area contributed by atoms with Gasteiger partial charge in [0.2, 0.25) is 0 Å². The van der Waals surface area contributed by atoms with Crippen LogP contribution in [0.4, 0.5) is 18.0 Å². The second-order valence-electron chi connectivity index (χ2n) is 6.21. The third kappa shape index (κ3) is 3.46. The fraction of sp³-hybridized carbons (Fsp3) is 0.562. The van der Waals surface area contributed by atoms with Crippen LogP contribution in [0.1, 0.15) is 13.1 Å². The summed E-state index contributed by atoms with van der Waals surface area (Å²) in [5.74, 6) is -0.804. The first-order valence-corrected chi connectivity index (χ1v) is 7.52. The van der Waals surface area contributed by atoms with E-state index in [9.17, 15) is 22.8 Å². The molecule has 0 saturated carbocycles. The summed E-state index contributed by atoms with van der Waals surface area (Å²) in [5.41, 5.74) is -0.767. The maximum absolute atomic E-state index is 12.8. The van der Waals surface area contributed by atoms with Crippen LogP contribution in [-0.4, -0.2) is 76.6 Å². The van der Waals surface area contributed by atoms with Gasteiger partial charge in [0.1, 0.15) is 12.1 Å². The van der Waals surface area contributed by atoms with E-state index in [0.29, 0.717) is 17.1 Å². The Labute approximate surface area is 144 Å². The summed E-state index contributed by atoms with van der Waals surface area (Å²) in [5, 5.41) is 0. The molecular weight excluding hydrogens is 337 g/mol. The smallest absolute Gasteiger partial charge is 0.307 e. The van der Waals surface area contributed by atoms with E-state index in [-0.39, 0.29) is 26.9 Å². The van der Waals surface area contributed by atoms with Gasteiger partial charge in [0.15, 0.2) is 0 Å². The van der Waals surface area contributed by atoms with Crippen LogP contribution < -0.4 is 0 Å². The molecule has 9 heteroatoms. The van der Waals surface area contributed by atoms with Crippen molar-refractivity contribution in [1.82, 2.24) is 19.7 Å². The van der Waals surface area contributed by atoms with E-state index >= 15 is 0 Å². The lowest BCUT2D eigenvalue weighted by Gasteiger charge is -2.43. The number of hydrogen-bond acceptors (Lipinski definition) is 4. The highest BCUT2D eigenvalue weighted by atomic mass is 19.4. The molecule has 1 atom stereocenters. The van der Waals surface area contributed by atoms with E-state index in [0.717, 1.165) is 0 Å². The average Bonchev–Trinajstić information content (AvgIpc) is 2.68. The predicted molar refractivity (Wildman–Crippen MR) is 84.8 cm³/mol. The zero-order valence-electron chi connectivity index (χ0n) is 13.1. The van der Waals surface area contributed by atoms with Gasteiger partial charge in [-0.3, -0.25) is 14.7 Å². The van der Waals surface area contributed by atoms with E-state index in [2.05, 4.69) is 4.98 Å². The number of aromatic nitrogens is 1. The van der Waals surface area contributed by atoms with Gasteiger partial charge in [0.25, 0.3) is 5.91 Å². The van der Waals surface area contributed by atoms with Crippen LogP contribution in [0.15, 0.2) is 24.4 Å². The Morgan fingerprint density at radius 3 is 2.56 bits per heavy atom. The highest BCUT2D eigenvalue weighted by Crippen LogP contribution is 2.35. The van der Waals surface area contributed by atoms with Crippen LogP contribution in [0.2, 0.25) is 0 Å². The second-order valence-corrected chi connectivity index (χ2v) is 6.21. The number of fused-ring (bicyclic) bond motifs is 1. The number of rotatable bonds is 3. The van der Waals surface area contributed by atoms with Crippen LogP contribution >= 0.6 is 0 Å². The van der Waals surface area contributed by atoms with Crippen LogP contribution in [0.3, 0.4) is 0 Å². The molecule has 0 aliphatic carbocycles. The average molecular weight is 358 g/mol. The van der Waals surface area contributed by atoms with Gasteiger partial charge in [0, 0.05) is 37.9 Å². The number of amides is 3. The third-order valence-electron chi connectivity index (χ3n) is 4.40. The number of nitrogens with zero attached hydrogens (tertiary/aromatic N) is 4. The Kier molecular flexibility index (Phi) is 5.08. The van der Waals surface area contributed by atoms with Gasteiger partial charge in [-0.2, -0.15) is 13.2 Å². The number of halogens is 3. The number of likely N-dealkylation sites (N-methyl/N-ethyl adjacent to an activating group) is 1. The van der Waals surface area contributed by atoms with E-state index in [1.807, 2.05) is 4.90 Å². The van der Waals surface area contributed by atoms with Gasteiger partial charge in [-0.05, 0) is 19.2 Å². The van der Waals surface area contributed by atoms with E-state index < -0.39 is 30.2 Å². The number of urea groups is 1. The Morgan fingerprint density at radius 2 is 1.96 bits per heavy atom. The largest absolute Gasteiger partial charge is 0.406 e. The monoisotopic (exact) mass is 358 g/mol. The van der Waals surface area contributed by atoms with E-state index in [1.165, 1.54) is 4.90 Å². The lowest BCUT2D eigenvalue weighted by molar-refractivity contribution is -0.156. The van der Waals surface area contributed by atoms with Crippen molar-refractivity contribution in [3.63, 3.8) is 0 Å². The maximum Gasteiger partial charge on any atom is 0.406 e. The Hall–Kier alpha value is -2.16. The highest BCUT2D eigenvalue weighted by Gasteiger charge is 2.60. The first kappa shape index (κ1) is 19.2. The van der Waals surface area contributed by atoms with Crippen LogP contribution in [0.5, 0.6) is 0 Å². The van der Waals surface area contributed by atoms with E-state index in [1.54, 1.807) is 31.4 Å². The van der Waals surface area contributed by atoms with Crippen molar-refractivity contribution in [3.05, 3.63) is 30.1 Å². The second kappa shape index (κ2) is 6.62. The number of imide groups is 1. The van der Waals surface area contributed by atoms with Crippen molar-refractivity contribution < 1.29 is 22.8 Å². The Bertz CT molecular complexity index is 653. The molecule has 2 aliphatic heterocycles. The zero-order chi connectivity index (χ0) is 17.5. The standard InChI is InChI=1S/C15H17F3N4O2.CH4/c1-20-6-7-22-13(24)21(10-15(16,17)18)12(23)14(22,9-20)8-11-4-2-3-5-19-11;/h2-5H,6-10H2,1H3;1H4. The Morgan fingerprint density at radius 1 is 1.24 bits per heavy atom. The minimum Gasteiger partial charge on any atom is -0.307 e. The number of hydrogen-bond donors (Lipinski definition) is 0. The molecule has 0 aromatic carbocycles. The molecule has 0 radical (unpaired) electrons. The predicted octanol–water partition coefficient (Wildman–Crippen LogP) is 1.77. The van der Waals surface area contributed by atoms with Crippen molar-refractivity contribution in [1.29, 1.82) is 0 Å². The summed E-state index contributed by atoms with van der Waals surface area (Å²) in [4.78, 5) is 32.8. The molecule has 1 aromatic heterocycles. The fourth-order valence-electron chi connectivity index (χ4n) is 3.39. The molecule has 3 rings (SSSR count). The van der Waals surface area contributed by atoms with Crippen molar-refractivity contribution in [2.45, 2.75) is 25.6 Å². The summed E-state index contributed by atoms with van der Waals surface area (Å²) in [6.45, 7) is -0.664. The first-order valence-electron chi connectivity index (χ1n) is 7.52.